The highest BCUT2D eigenvalue weighted by atomic mass is 31.2. The second-order valence-electron chi connectivity index (χ2n) is 13.1. The topological polar surface area (TPSA) is 134 Å². The van der Waals surface area contributed by atoms with Crippen molar-refractivity contribution in [2.24, 2.45) is 5.73 Å². The van der Waals surface area contributed by atoms with Crippen LogP contribution in [0, 0.1) is 0 Å². The second kappa shape index (κ2) is 39.2. The molecule has 53 heavy (non-hydrogen) atoms. The minimum atomic E-state index is -4.39. The molecular formula is C43H74NO8P. The lowest BCUT2D eigenvalue weighted by Gasteiger charge is -2.19. The molecule has 0 saturated heterocycles. The van der Waals surface area contributed by atoms with Crippen LogP contribution < -0.4 is 5.73 Å². The van der Waals surface area contributed by atoms with Crippen LogP contribution >= 0.6 is 7.82 Å². The summed E-state index contributed by atoms with van der Waals surface area (Å²) in [4.78, 5) is 34.8. The zero-order valence-corrected chi connectivity index (χ0v) is 34.1. The highest BCUT2D eigenvalue weighted by Gasteiger charge is 2.25. The van der Waals surface area contributed by atoms with Crippen molar-refractivity contribution in [1.82, 2.24) is 0 Å². The molecule has 0 amide bonds. The zero-order chi connectivity index (χ0) is 38.9. The quantitative estimate of drug-likeness (QED) is 0.0274. The SMILES string of the molecule is CC/C=C/C/C=C/C/C=C/C/C=C/C/C=C/CCCC(=O)OC[C@H](COP(=O)(O)OCCN)OC(=O)CCCCCCCCC/C=C/CCCCCC. The van der Waals surface area contributed by atoms with Crippen LogP contribution in [-0.4, -0.2) is 49.3 Å². The van der Waals surface area contributed by atoms with Crippen LogP contribution in [0.2, 0.25) is 0 Å². The van der Waals surface area contributed by atoms with Crippen molar-refractivity contribution in [3.63, 3.8) is 0 Å². The molecule has 0 heterocycles. The molecule has 0 rings (SSSR count). The van der Waals surface area contributed by atoms with E-state index in [4.69, 9.17) is 24.3 Å². The van der Waals surface area contributed by atoms with Crippen molar-refractivity contribution < 1.29 is 37.6 Å². The van der Waals surface area contributed by atoms with Crippen LogP contribution in [0.1, 0.15) is 155 Å². The van der Waals surface area contributed by atoms with Crippen LogP contribution in [0.25, 0.3) is 0 Å². The van der Waals surface area contributed by atoms with Gasteiger partial charge in [-0.05, 0) is 77.0 Å². The van der Waals surface area contributed by atoms with Gasteiger partial charge in [-0.25, -0.2) is 4.57 Å². The Morgan fingerprint density at radius 1 is 0.585 bits per heavy atom. The molecule has 0 saturated carbocycles. The lowest BCUT2D eigenvalue weighted by molar-refractivity contribution is -0.161. The number of hydrogen-bond donors (Lipinski definition) is 2. The Kier molecular flexibility index (Phi) is 37.3. The van der Waals surface area contributed by atoms with E-state index in [2.05, 4.69) is 80.7 Å². The molecule has 0 radical (unpaired) electrons. The molecule has 0 bridgehead atoms. The first-order chi connectivity index (χ1) is 25.8. The highest BCUT2D eigenvalue weighted by molar-refractivity contribution is 7.47. The summed E-state index contributed by atoms with van der Waals surface area (Å²) < 4.78 is 32.7. The minimum Gasteiger partial charge on any atom is -0.462 e. The highest BCUT2D eigenvalue weighted by Crippen LogP contribution is 2.43. The Hall–Kier alpha value is -2.55. The Balaban J connectivity index is 4.30. The van der Waals surface area contributed by atoms with Gasteiger partial charge in [0.2, 0.25) is 0 Å². The van der Waals surface area contributed by atoms with Gasteiger partial charge in [0.15, 0.2) is 6.10 Å². The van der Waals surface area contributed by atoms with Gasteiger partial charge in [0.25, 0.3) is 0 Å². The number of carbonyl (C=O) groups excluding carboxylic acids is 2. The molecule has 304 valence electrons. The standard InChI is InChI=1S/C43H74NO8P/c1-3-5-7-9-11-13-15-17-19-20-22-23-25-27-29-31-33-35-42(45)49-39-41(40-51-53(47,48)50-38-37-44)52-43(46)36-34-32-30-28-26-24-21-18-16-14-12-10-8-6-4-2/h5,7,11,13-14,16-17,19,22-23,27,29,41H,3-4,6,8-10,12,15,18,20-21,24-26,28,30-40,44H2,1-2H3,(H,47,48)/b7-5+,13-11+,16-14+,19-17+,23-22+,29-27+/t41-/m1/s1. The lowest BCUT2D eigenvalue weighted by Crippen LogP contribution is -2.29. The van der Waals surface area contributed by atoms with E-state index in [0.29, 0.717) is 12.8 Å². The number of phosphoric ester groups is 1. The Labute approximate surface area is 322 Å². The number of phosphoric acid groups is 1. The Bertz CT molecular complexity index is 1100. The van der Waals surface area contributed by atoms with E-state index in [1.54, 1.807) is 0 Å². The molecule has 0 fully saturated rings. The molecule has 3 N–H and O–H groups in total. The van der Waals surface area contributed by atoms with Crippen LogP contribution in [0.5, 0.6) is 0 Å². The van der Waals surface area contributed by atoms with Gasteiger partial charge in [-0.1, -0.05) is 138 Å². The Morgan fingerprint density at radius 3 is 1.62 bits per heavy atom. The number of rotatable bonds is 37. The number of carbonyl (C=O) groups is 2. The molecule has 2 atom stereocenters. The third kappa shape index (κ3) is 39.0. The fraction of sp³-hybridized carbons (Fsp3) is 0.674. The molecule has 0 spiro atoms. The van der Waals surface area contributed by atoms with Gasteiger partial charge in [0, 0.05) is 19.4 Å². The first-order valence-corrected chi connectivity index (χ1v) is 21.9. The van der Waals surface area contributed by atoms with E-state index in [-0.39, 0.29) is 32.6 Å². The van der Waals surface area contributed by atoms with Crippen molar-refractivity contribution in [3.05, 3.63) is 72.9 Å². The number of nitrogens with two attached hydrogens (primary N) is 1. The fourth-order valence-electron chi connectivity index (χ4n) is 5.07. The minimum absolute atomic E-state index is 0.0418. The molecule has 0 aromatic heterocycles. The van der Waals surface area contributed by atoms with Gasteiger partial charge >= 0.3 is 19.8 Å². The monoisotopic (exact) mass is 764 g/mol. The zero-order valence-electron chi connectivity index (χ0n) is 33.2. The van der Waals surface area contributed by atoms with Crippen LogP contribution in [0.4, 0.5) is 0 Å². The predicted octanol–water partition coefficient (Wildman–Crippen LogP) is 11.5. The summed E-state index contributed by atoms with van der Waals surface area (Å²) in [5, 5.41) is 0. The third-order valence-corrected chi connectivity index (χ3v) is 9.06. The number of unbranched alkanes of at least 4 members (excludes halogenated alkanes) is 12. The van der Waals surface area contributed by atoms with Gasteiger partial charge in [-0.3, -0.25) is 18.6 Å². The fourth-order valence-corrected chi connectivity index (χ4v) is 5.84. The summed E-state index contributed by atoms with van der Waals surface area (Å²) >= 11 is 0. The van der Waals surface area contributed by atoms with E-state index >= 15 is 0 Å². The molecule has 1 unspecified atom stereocenters. The number of ether oxygens (including phenoxy) is 2. The summed E-state index contributed by atoms with van der Waals surface area (Å²) in [7, 11) is -4.39. The molecule has 0 aliphatic carbocycles. The van der Waals surface area contributed by atoms with Crippen molar-refractivity contribution in [3.8, 4) is 0 Å². The first kappa shape index (κ1) is 50.5. The average molecular weight is 764 g/mol. The average Bonchev–Trinajstić information content (AvgIpc) is 3.14. The van der Waals surface area contributed by atoms with Crippen LogP contribution in [0.15, 0.2) is 72.9 Å². The summed E-state index contributed by atoms with van der Waals surface area (Å²) in [5.41, 5.74) is 5.33. The molecule has 0 aliphatic heterocycles. The summed E-state index contributed by atoms with van der Waals surface area (Å²) in [5.74, 6) is -0.909. The van der Waals surface area contributed by atoms with Crippen molar-refractivity contribution in [2.45, 2.75) is 161 Å². The molecule has 0 aliphatic rings. The van der Waals surface area contributed by atoms with E-state index in [1.807, 2.05) is 6.08 Å². The van der Waals surface area contributed by atoms with Crippen molar-refractivity contribution >= 4 is 19.8 Å². The third-order valence-electron chi connectivity index (χ3n) is 8.08. The van der Waals surface area contributed by atoms with Gasteiger partial charge in [0.05, 0.1) is 13.2 Å². The van der Waals surface area contributed by atoms with Gasteiger partial charge in [-0.2, -0.15) is 0 Å². The second-order valence-corrected chi connectivity index (χ2v) is 14.6. The maximum absolute atomic E-state index is 12.6. The van der Waals surface area contributed by atoms with Crippen molar-refractivity contribution in [1.29, 1.82) is 0 Å². The molecule has 9 nitrogen and oxygen atoms in total. The number of allylic oxidation sites excluding steroid dienone is 12. The predicted molar refractivity (Wildman–Crippen MR) is 219 cm³/mol. The molecule has 0 aromatic rings. The van der Waals surface area contributed by atoms with Crippen LogP contribution in [-0.2, 0) is 32.7 Å². The smallest absolute Gasteiger partial charge is 0.462 e. The molecule has 0 aromatic carbocycles. The molecular weight excluding hydrogens is 689 g/mol. The van der Waals surface area contributed by atoms with Crippen molar-refractivity contribution in [2.75, 3.05) is 26.4 Å². The summed E-state index contributed by atoms with van der Waals surface area (Å²) in [6, 6.07) is 0. The van der Waals surface area contributed by atoms with E-state index in [1.165, 1.54) is 51.4 Å². The first-order valence-electron chi connectivity index (χ1n) is 20.4. The molecule has 10 heteroatoms. The van der Waals surface area contributed by atoms with E-state index < -0.39 is 32.5 Å². The maximum Gasteiger partial charge on any atom is 0.472 e. The maximum atomic E-state index is 12.6. The normalized spacial score (nSPS) is 14.1. The van der Waals surface area contributed by atoms with E-state index in [0.717, 1.165) is 64.2 Å². The van der Waals surface area contributed by atoms with Crippen LogP contribution in [0.3, 0.4) is 0 Å². The number of hydrogen-bond acceptors (Lipinski definition) is 8. The summed E-state index contributed by atoms with van der Waals surface area (Å²) in [6.07, 6.45) is 46.5. The lowest BCUT2D eigenvalue weighted by atomic mass is 10.1. The van der Waals surface area contributed by atoms with E-state index in [9.17, 15) is 19.0 Å². The Morgan fingerprint density at radius 2 is 1.06 bits per heavy atom. The number of esters is 2. The van der Waals surface area contributed by atoms with Gasteiger partial charge in [-0.15, -0.1) is 0 Å². The summed E-state index contributed by atoms with van der Waals surface area (Å²) in [6.45, 7) is 3.51. The largest absolute Gasteiger partial charge is 0.472 e. The van der Waals surface area contributed by atoms with Gasteiger partial charge in [0.1, 0.15) is 6.61 Å². The van der Waals surface area contributed by atoms with Gasteiger partial charge < -0.3 is 20.1 Å².